The number of halogens is 2. The van der Waals surface area contributed by atoms with Crippen LogP contribution in [0.5, 0.6) is 0 Å². The minimum atomic E-state index is -4.67. The number of aliphatic hydroxyl groups excluding tert-OH is 1. The van der Waals surface area contributed by atoms with Gasteiger partial charge in [-0.25, -0.2) is 0 Å². The molecule has 3 N–H and O–H groups in total. The monoisotopic (exact) mass is 706 g/mol. The average Bonchev–Trinajstić information content (AvgIpc) is 3.18. The number of hydrogen-bond donors (Lipinski definition) is 3. The Morgan fingerprint density at radius 3 is 1.85 bits per heavy atom. The molecule has 3 aliphatic heterocycles. The van der Waals surface area contributed by atoms with Gasteiger partial charge in [-0.05, 0) is 83.8 Å². The molecule has 5 rings (SSSR count). The lowest BCUT2D eigenvalue weighted by Crippen LogP contribution is -2.47. The van der Waals surface area contributed by atoms with Crippen LogP contribution in [0.4, 0.5) is 0 Å². The fourth-order valence-corrected chi connectivity index (χ4v) is 6.34. The molecule has 2 bridgehead atoms. The van der Waals surface area contributed by atoms with E-state index in [0.29, 0.717) is 18.7 Å². The zero-order chi connectivity index (χ0) is 32.3. The van der Waals surface area contributed by atoms with Crippen LogP contribution in [-0.4, -0.2) is 103 Å². The number of carbonyl (C=O) groups is 2. The van der Waals surface area contributed by atoms with E-state index in [1.54, 1.807) is 0 Å². The molecule has 3 saturated heterocycles. The number of nitrogens with zero attached hydrogens (tertiary/aromatic N) is 2. The van der Waals surface area contributed by atoms with E-state index in [1.807, 2.05) is 67.6 Å². The van der Waals surface area contributed by atoms with E-state index in [2.05, 4.69) is 23.9 Å². The van der Waals surface area contributed by atoms with Crippen LogP contribution < -0.4 is 0 Å². The smallest absolute Gasteiger partial charge is 0.394 e. The van der Waals surface area contributed by atoms with Crippen molar-refractivity contribution in [1.82, 2.24) is 9.80 Å². The number of ether oxygens (including phenoxy) is 2. The van der Waals surface area contributed by atoms with Crippen LogP contribution in [0.25, 0.3) is 0 Å². The number of carbonyl (C=O) groups excluding carboxylic acids is 2. The van der Waals surface area contributed by atoms with Gasteiger partial charge in [-0.15, -0.1) is 24.8 Å². The van der Waals surface area contributed by atoms with Crippen LogP contribution in [0.2, 0.25) is 0 Å². The molecular weight excluding hydrogens is 659 g/mol. The first-order valence-electron chi connectivity index (χ1n) is 15.1. The summed E-state index contributed by atoms with van der Waals surface area (Å²) in [6.07, 6.45) is 5.94. The molecule has 3 atom stereocenters. The summed E-state index contributed by atoms with van der Waals surface area (Å²) in [4.78, 5) is 29.4. The summed E-state index contributed by atoms with van der Waals surface area (Å²) in [7, 11) is -0.402. The number of hydrogen-bond acceptors (Lipinski definition) is 9. The maximum atomic E-state index is 12.4. The topological polar surface area (TPSA) is 154 Å². The number of piperidine rings is 2. The molecule has 0 aliphatic carbocycles. The number of benzene rings is 2. The Labute approximate surface area is 285 Å². The van der Waals surface area contributed by atoms with E-state index in [1.165, 1.54) is 12.8 Å². The minimum Gasteiger partial charge on any atom is -0.465 e. The molecule has 2 aromatic carbocycles. The molecule has 0 spiro atoms. The second kappa shape index (κ2) is 19.5. The number of rotatable bonds is 7. The molecule has 0 radical (unpaired) electrons. The normalized spacial score (nSPS) is 22.6. The van der Waals surface area contributed by atoms with Crippen molar-refractivity contribution in [3.05, 3.63) is 71.8 Å². The van der Waals surface area contributed by atoms with E-state index < -0.39 is 21.7 Å². The SMILES string of the molecule is CCOC(=O)C1(c2ccccc2)CCN(C)CC1.CN1C2CCC1CC(OC(=O)C(CO)c1ccccc1)C2.Cl.Cl.O=S(=O)(O)O. The Balaban J connectivity index is 0.000000390. The van der Waals surface area contributed by atoms with Gasteiger partial charge in [0.1, 0.15) is 12.0 Å². The lowest BCUT2D eigenvalue weighted by Gasteiger charge is -2.38. The maximum absolute atomic E-state index is 12.4. The largest absolute Gasteiger partial charge is 0.465 e. The molecule has 14 heteroatoms. The van der Waals surface area contributed by atoms with Gasteiger partial charge in [-0.2, -0.15) is 8.42 Å². The fraction of sp³-hybridized carbons (Fsp3) is 0.562. The van der Waals surface area contributed by atoms with E-state index in [9.17, 15) is 14.7 Å². The molecule has 0 saturated carbocycles. The molecule has 11 nitrogen and oxygen atoms in total. The van der Waals surface area contributed by atoms with Crippen molar-refractivity contribution < 1.29 is 41.7 Å². The van der Waals surface area contributed by atoms with Crippen molar-refractivity contribution in [3.63, 3.8) is 0 Å². The molecule has 3 fully saturated rings. The lowest BCUT2D eigenvalue weighted by molar-refractivity contribution is -0.155. The van der Waals surface area contributed by atoms with E-state index in [-0.39, 0.29) is 49.5 Å². The third kappa shape index (κ3) is 12.1. The highest BCUT2D eigenvalue weighted by Crippen LogP contribution is 2.37. The molecule has 46 heavy (non-hydrogen) atoms. The van der Waals surface area contributed by atoms with Gasteiger partial charge in [0.15, 0.2) is 0 Å². The Hall–Kier alpha value is -2.29. The van der Waals surface area contributed by atoms with E-state index in [0.717, 1.165) is 49.9 Å². The van der Waals surface area contributed by atoms with Gasteiger partial charge in [0, 0.05) is 12.1 Å². The zero-order valence-corrected chi connectivity index (χ0v) is 29.0. The van der Waals surface area contributed by atoms with Crippen molar-refractivity contribution in [3.8, 4) is 0 Å². The van der Waals surface area contributed by atoms with Gasteiger partial charge in [0.05, 0.1) is 18.6 Å². The summed E-state index contributed by atoms with van der Waals surface area (Å²) < 4.78 is 42.6. The first kappa shape index (κ1) is 41.7. The predicted octanol–water partition coefficient (Wildman–Crippen LogP) is 4.33. The number of fused-ring (bicyclic) bond motifs is 2. The highest BCUT2D eigenvalue weighted by Gasteiger charge is 2.43. The first-order chi connectivity index (χ1) is 20.9. The second-order valence-electron chi connectivity index (χ2n) is 11.6. The highest BCUT2D eigenvalue weighted by atomic mass is 35.5. The summed E-state index contributed by atoms with van der Waals surface area (Å²) in [6.45, 7) is 3.98. The van der Waals surface area contributed by atoms with Crippen molar-refractivity contribution in [2.75, 3.05) is 40.4 Å². The summed E-state index contributed by atoms with van der Waals surface area (Å²) in [6, 6.07) is 20.5. The molecule has 3 aliphatic rings. The molecule has 3 heterocycles. The van der Waals surface area contributed by atoms with Crippen LogP contribution in [0.1, 0.15) is 62.5 Å². The molecule has 2 aromatic rings. The van der Waals surface area contributed by atoms with Gasteiger partial charge >= 0.3 is 22.3 Å². The van der Waals surface area contributed by atoms with Gasteiger partial charge in [0.25, 0.3) is 0 Å². The fourth-order valence-electron chi connectivity index (χ4n) is 6.34. The maximum Gasteiger partial charge on any atom is 0.394 e. The van der Waals surface area contributed by atoms with Crippen LogP contribution >= 0.6 is 24.8 Å². The number of likely N-dealkylation sites (tertiary alicyclic amines) is 1. The highest BCUT2D eigenvalue weighted by molar-refractivity contribution is 7.79. The van der Waals surface area contributed by atoms with E-state index in [4.69, 9.17) is 27.0 Å². The number of esters is 2. The Morgan fingerprint density at radius 2 is 1.39 bits per heavy atom. The Bertz CT molecular complexity index is 1280. The van der Waals surface area contributed by atoms with Gasteiger partial charge in [-0.1, -0.05) is 60.7 Å². The van der Waals surface area contributed by atoms with Crippen LogP contribution in [0.15, 0.2) is 60.7 Å². The van der Waals surface area contributed by atoms with Crippen molar-refractivity contribution in [1.29, 1.82) is 0 Å². The summed E-state index contributed by atoms with van der Waals surface area (Å²) in [5.74, 6) is -0.925. The van der Waals surface area contributed by atoms with Gasteiger partial charge < -0.3 is 24.4 Å². The Kier molecular flexibility index (Phi) is 17.7. The predicted molar refractivity (Wildman–Crippen MR) is 180 cm³/mol. The van der Waals surface area contributed by atoms with Crippen LogP contribution in [-0.2, 0) is 34.9 Å². The first-order valence-corrected chi connectivity index (χ1v) is 16.5. The quantitative estimate of drug-likeness (QED) is 0.278. The van der Waals surface area contributed by atoms with Gasteiger partial charge in [-0.3, -0.25) is 18.7 Å². The summed E-state index contributed by atoms with van der Waals surface area (Å²) >= 11 is 0. The number of aliphatic hydroxyl groups is 1. The third-order valence-corrected chi connectivity index (χ3v) is 8.84. The van der Waals surface area contributed by atoms with Crippen LogP contribution in [0, 0.1) is 0 Å². The minimum absolute atomic E-state index is 0. The Morgan fingerprint density at radius 1 is 0.913 bits per heavy atom. The van der Waals surface area contributed by atoms with Gasteiger partial charge in [0.2, 0.25) is 0 Å². The van der Waals surface area contributed by atoms with E-state index >= 15 is 0 Å². The second-order valence-corrected chi connectivity index (χ2v) is 12.5. The molecule has 0 aromatic heterocycles. The molecular formula is C32H48Cl2N2O9S. The third-order valence-electron chi connectivity index (χ3n) is 8.84. The molecule has 260 valence electrons. The van der Waals surface area contributed by atoms with Crippen molar-refractivity contribution >= 4 is 47.2 Å². The average molecular weight is 708 g/mol. The van der Waals surface area contributed by atoms with Crippen LogP contribution in [0.3, 0.4) is 0 Å². The zero-order valence-electron chi connectivity index (χ0n) is 26.6. The molecule has 0 amide bonds. The summed E-state index contributed by atoms with van der Waals surface area (Å²) in [5.41, 5.74) is 1.47. The van der Waals surface area contributed by atoms with Crippen molar-refractivity contribution in [2.24, 2.45) is 0 Å². The standard InChI is InChI=1S/C17H23NO3.C15H21NO2.2ClH.H2O4S/c1-18-13-7-8-14(18)10-15(9-13)21-17(20)16(11-19)12-5-3-2-4-6-12;1-3-18-14(17)15(9-11-16(2)12-10-15)13-7-5-4-6-8-13;;;1-5(2,3)4/h2-6,13-16,19H,7-11H2,1H3;4-8H,3,9-12H2,1-2H3;2*1H;(H2,1,2,3,4). The van der Waals surface area contributed by atoms with Crippen molar-refractivity contribution in [2.45, 2.75) is 75.0 Å². The molecule has 3 unspecified atom stereocenters. The lowest BCUT2D eigenvalue weighted by atomic mass is 9.73. The summed E-state index contributed by atoms with van der Waals surface area (Å²) in [5, 5.41) is 9.53.